The van der Waals surface area contributed by atoms with Crippen molar-refractivity contribution >= 4 is 11.8 Å². The number of nitrogens with zero attached hydrogens (tertiary/aromatic N) is 1. The zero-order valence-corrected chi connectivity index (χ0v) is 10.8. The lowest BCUT2D eigenvalue weighted by atomic mass is 10.00. The van der Waals surface area contributed by atoms with E-state index < -0.39 is 0 Å². The number of fused-ring (bicyclic) bond motifs is 1. The number of para-hydroxylation sites is 1. The van der Waals surface area contributed by atoms with Crippen LogP contribution in [0.15, 0.2) is 18.2 Å². The second kappa shape index (κ2) is 4.28. The van der Waals surface area contributed by atoms with Crippen molar-refractivity contribution in [3.8, 4) is 0 Å². The van der Waals surface area contributed by atoms with E-state index in [9.17, 15) is 4.79 Å². The predicted molar refractivity (Wildman–Crippen MR) is 69.9 cm³/mol. The molecule has 0 spiro atoms. The van der Waals surface area contributed by atoms with E-state index in [1.807, 2.05) is 36.9 Å². The van der Waals surface area contributed by atoms with E-state index in [1.165, 1.54) is 0 Å². The molecule has 1 aromatic carbocycles. The highest BCUT2D eigenvalue weighted by molar-refractivity contribution is 5.92. The van der Waals surface area contributed by atoms with Gasteiger partial charge in [-0.2, -0.15) is 0 Å². The molecule has 4 nitrogen and oxygen atoms in total. The number of anilines is 1. The van der Waals surface area contributed by atoms with Gasteiger partial charge < -0.3 is 10.1 Å². The number of aryl methyl sites for hydroxylation is 2. The van der Waals surface area contributed by atoms with Crippen LogP contribution in [0.25, 0.3) is 0 Å². The number of amides is 1. The van der Waals surface area contributed by atoms with Crippen LogP contribution in [-0.4, -0.2) is 31.3 Å². The Morgan fingerprint density at radius 1 is 1.33 bits per heavy atom. The van der Waals surface area contributed by atoms with Crippen molar-refractivity contribution in [2.24, 2.45) is 0 Å². The molecule has 2 aliphatic rings. The van der Waals surface area contributed by atoms with Crippen molar-refractivity contribution in [3.05, 3.63) is 29.3 Å². The smallest absolute Gasteiger partial charge is 0.415 e. The number of hydrogen-bond donors (Lipinski definition) is 1. The molecule has 96 valence electrons. The van der Waals surface area contributed by atoms with Crippen LogP contribution >= 0.6 is 0 Å². The van der Waals surface area contributed by atoms with Crippen LogP contribution in [0.4, 0.5) is 10.5 Å². The van der Waals surface area contributed by atoms with E-state index in [0.29, 0.717) is 0 Å². The Morgan fingerprint density at radius 3 is 2.78 bits per heavy atom. The Kier molecular flexibility index (Phi) is 2.74. The van der Waals surface area contributed by atoms with E-state index in [4.69, 9.17) is 4.74 Å². The van der Waals surface area contributed by atoms with Gasteiger partial charge in [-0.25, -0.2) is 4.79 Å². The van der Waals surface area contributed by atoms with Gasteiger partial charge in [0.15, 0.2) is 0 Å². The van der Waals surface area contributed by atoms with E-state index in [0.717, 1.165) is 36.3 Å². The van der Waals surface area contributed by atoms with Gasteiger partial charge in [0.1, 0.15) is 6.10 Å². The number of ether oxygens (including phenoxy) is 1. The second-order valence-corrected chi connectivity index (χ2v) is 5.09. The molecule has 2 heterocycles. The van der Waals surface area contributed by atoms with Gasteiger partial charge in [-0.3, -0.25) is 4.90 Å². The van der Waals surface area contributed by atoms with E-state index in [-0.39, 0.29) is 18.2 Å². The van der Waals surface area contributed by atoms with Gasteiger partial charge in [0.25, 0.3) is 0 Å². The summed E-state index contributed by atoms with van der Waals surface area (Å²) in [6.07, 6.45) is 0.737. The van der Waals surface area contributed by atoms with Gasteiger partial charge in [0.2, 0.25) is 0 Å². The van der Waals surface area contributed by atoms with Crippen LogP contribution in [0.1, 0.15) is 17.5 Å². The summed E-state index contributed by atoms with van der Waals surface area (Å²) in [5.41, 5.74) is 3.29. The van der Waals surface area contributed by atoms with Crippen LogP contribution in [0.2, 0.25) is 0 Å². The molecule has 0 aliphatic carbocycles. The van der Waals surface area contributed by atoms with Gasteiger partial charge in [-0.15, -0.1) is 0 Å². The first kappa shape index (κ1) is 11.5. The van der Waals surface area contributed by atoms with Crippen molar-refractivity contribution in [2.45, 2.75) is 32.4 Å². The first-order chi connectivity index (χ1) is 8.68. The monoisotopic (exact) mass is 246 g/mol. The zero-order chi connectivity index (χ0) is 12.7. The van der Waals surface area contributed by atoms with Gasteiger partial charge in [0, 0.05) is 6.54 Å². The largest absolute Gasteiger partial charge is 0.442 e. The lowest BCUT2D eigenvalue weighted by Crippen LogP contribution is -2.47. The second-order valence-electron chi connectivity index (χ2n) is 5.09. The summed E-state index contributed by atoms with van der Waals surface area (Å²) in [6.45, 7) is 5.80. The van der Waals surface area contributed by atoms with Gasteiger partial charge in [0.05, 0.1) is 11.7 Å². The number of carbonyl (C=O) groups is 1. The summed E-state index contributed by atoms with van der Waals surface area (Å²) in [5, 5.41) is 3.27. The lowest BCUT2D eigenvalue weighted by Gasteiger charge is -2.30. The topological polar surface area (TPSA) is 41.6 Å². The third kappa shape index (κ3) is 1.68. The SMILES string of the molecule is Cc1cccc(C)c1N1C(=O)OC2CNCCC21. The average molecular weight is 246 g/mol. The summed E-state index contributed by atoms with van der Waals surface area (Å²) < 4.78 is 5.47. The van der Waals surface area contributed by atoms with Crippen molar-refractivity contribution in [3.63, 3.8) is 0 Å². The maximum Gasteiger partial charge on any atom is 0.415 e. The summed E-state index contributed by atoms with van der Waals surface area (Å²) in [7, 11) is 0. The van der Waals surface area contributed by atoms with Crippen molar-refractivity contribution in [2.75, 3.05) is 18.0 Å². The van der Waals surface area contributed by atoms with Gasteiger partial charge >= 0.3 is 6.09 Å². The summed E-state index contributed by atoms with van der Waals surface area (Å²) >= 11 is 0. The molecule has 0 aromatic heterocycles. The Morgan fingerprint density at radius 2 is 2.06 bits per heavy atom. The highest BCUT2D eigenvalue weighted by Crippen LogP contribution is 2.34. The molecule has 0 saturated carbocycles. The number of piperidine rings is 1. The maximum atomic E-state index is 12.1. The molecule has 2 unspecified atom stereocenters. The standard InChI is InChI=1S/C14H18N2O2/c1-9-4-3-5-10(2)13(9)16-11-6-7-15-8-12(11)18-14(16)17/h3-5,11-12,15H,6-8H2,1-2H3. The Balaban J connectivity index is 2.02. The fourth-order valence-corrected chi connectivity index (χ4v) is 3.00. The fourth-order valence-electron chi connectivity index (χ4n) is 3.00. The predicted octanol–water partition coefficient (Wildman–Crippen LogP) is 1.99. The Bertz CT molecular complexity index is 466. The van der Waals surface area contributed by atoms with E-state index in [2.05, 4.69) is 5.32 Å². The molecule has 3 rings (SSSR count). The highest BCUT2D eigenvalue weighted by atomic mass is 16.6. The minimum Gasteiger partial charge on any atom is -0.442 e. The first-order valence-electron chi connectivity index (χ1n) is 6.45. The zero-order valence-electron chi connectivity index (χ0n) is 10.8. The minimum absolute atomic E-state index is 0.00902. The molecule has 2 fully saturated rings. The molecule has 0 bridgehead atoms. The molecule has 1 amide bonds. The molecule has 2 atom stereocenters. The van der Waals surface area contributed by atoms with Crippen molar-refractivity contribution in [1.82, 2.24) is 5.32 Å². The average Bonchev–Trinajstić information content (AvgIpc) is 2.66. The fraction of sp³-hybridized carbons (Fsp3) is 0.500. The quantitative estimate of drug-likeness (QED) is 0.824. The molecule has 18 heavy (non-hydrogen) atoms. The molecule has 0 radical (unpaired) electrons. The molecular formula is C14H18N2O2. The van der Waals surface area contributed by atoms with Crippen LogP contribution in [0.3, 0.4) is 0 Å². The van der Waals surface area contributed by atoms with Crippen molar-refractivity contribution < 1.29 is 9.53 Å². The van der Waals surface area contributed by atoms with Gasteiger partial charge in [-0.05, 0) is 37.9 Å². The molecule has 2 saturated heterocycles. The summed E-state index contributed by atoms with van der Waals surface area (Å²) in [5.74, 6) is 0. The minimum atomic E-state index is -0.203. The van der Waals surface area contributed by atoms with Crippen LogP contribution in [-0.2, 0) is 4.74 Å². The number of carbonyl (C=O) groups excluding carboxylic acids is 1. The Hall–Kier alpha value is -1.55. The maximum absolute atomic E-state index is 12.1. The molecular weight excluding hydrogens is 228 g/mol. The lowest BCUT2D eigenvalue weighted by molar-refractivity contribution is 0.121. The van der Waals surface area contributed by atoms with Crippen LogP contribution < -0.4 is 10.2 Å². The molecule has 2 aliphatic heterocycles. The molecule has 1 aromatic rings. The number of nitrogens with one attached hydrogen (secondary N) is 1. The highest BCUT2D eigenvalue weighted by Gasteiger charge is 2.44. The molecule has 4 heteroatoms. The number of hydrogen-bond acceptors (Lipinski definition) is 3. The van der Waals surface area contributed by atoms with Gasteiger partial charge in [-0.1, -0.05) is 18.2 Å². The van der Waals surface area contributed by atoms with Crippen LogP contribution in [0.5, 0.6) is 0 Å². The summed E-state index contributed by atoms with van der Waals surface area (Å²) in [6, 6.07) is 6.29. The molecule has 1 N–H and O–H groups in total. The Labute approximate surface area is 107 Å². The van der Waals surface area contributed by atoms with Crippen LogP contribution in [0, 0.1) is 13.8 Å². The number of rotatable bonds is 1. The summed E-state index contributed by atoms with van der Waals surface area (Å²) in [4.78, 5) is 14.0. The number of benzene rings is 1. The van der Waals surface area contributed by atoms with E-state index in [1.54, 1.807) is 0 Å². The normalized spacial score (nSPS) is 27.0. The van der Waals surface area contributed by atoms with Crippen molar-refractivity contribution in [1.29, 1.82) is 0 Å². The third-order valence-corrected chi connectivity index (χ3v) is 3.85. The van der Waals surface area contributed by atoms with E-state index >= 15 is 0 Å². The first-order valence-corrected chi connectivity index (χ1v) is 6.45. The third-order valence-electron chi connectivity index (χ3n) is 3.85.